The van der Waals surface area contributed by atoms with Gasteiger partial charge in [0.2, 0.25) is 0 Å². The van der Waals surface area contributed by atoms with Crippen LogP contribution < -0.4 is 4.74 Å². The molecule has 17 heavy (non-hydrogen) atoms. The molecule has 2 aromatic rings. The number of rotatable bonds is 2. The first-order valence-electron chi connectivity index (χ1n) is 5.37. The van der Waals surface area contributed by atoms with E-state index in [0.29, 0.717) is 0 Å². The Morgan fingerprint density at radius 2 is 1.82 bits per heavy atom. The molecule has 0 spiro atoms. The number of aryl methyl sites for hydroxylation is 3. The molecule has 0 saturated carbocycles. The summed E-state index contributed by atoms with van der Waals surface area (Å²) in [5.74, 6) is 0.945. The fourth-order valence-corrected chi connectivity index (χ4v) is 2.44. The maximum atomic E-state index is 5.36. The van der Waals surface area contributed by atoms with Crippen LogP contribution in [0.15, 0.2) is 23.1 Å². The smallest absolute Gasteiger partial charge is 0.124 e. The van der Waals surface area contributed by atoms with E-state index in [2.05, 4.69) is 33.0 Å². The molecule has 90 valence electrons. The van der Waals surface area contributed by atoms with Crippen molar-refractivity contribution in [1.82, 2.24) is 9.55 Å². The zero-order valence-electron chi connectivity index (χ0n) is 10.4. The Labute approximate surface area is 110 Å². The monoisotopic (exact) mass is 294 g/mol. The zero-order valence-corrected chi connectivity index (χ0v) is 12.0. The number of hydrogen-bond donors (Lipinski definition) is 0. The van der Waals surface area contributed by atoms with Gasteiger partial charge in [0.1, 0.15) is 16.0 Å². The van der Waals surface area contributed by atoms with E-state index in [0.717, 1.165) is 32.7 Å². The van der Waals surface area contributed by atoms with Crippen LogP contribution in [0.1, 0.15) is 11.1 Å². The molecule has 0 amide bonds. The highest BCUT2D eigenvalue weighted by Gasteiger charge is 2.12. The summed E-state index contributed by atoms with van der Waals surface area (Å²) in [5.41, 5.74) is 4.31. The average molecular weight is 295 g/mol. The van der Waals surface area contributed by atoms with Crippen molar-refractivity contribution in [2.45, 2.75) is 13.8 Å². The first-order valence-corrected chi connectivity index (χ1v) is 6.16. The van der Waals surface area contributed by atoms with E-state index >= 15 is 0 Å². The summed E-state index contributed by atoms with van der Waals surface area (Å²) >= 11 is 3.54. The van der Waals surface area contributed by atoms with Crippen molar-refractivity contribution in [2.75, 3.05) is 7.11 Å². The van der Waals surface area contributed by atoms with Crippen LogP contribution in [0.5, 0.6) is 5.75 Å². The van der Waals surface area contributed by atoms with E-state index in [4.69, 9.17) is 4.74 Å². The van der Waals surface area contributed by atoms with Gasteiger partial charge in [-0.15, -0.1) is 0 Å². The molecule has 2 rings (SSSR count). The summed E-state index contributed by atoms with van der Waals surface area (Å²) in [6.07, 6.45) is 1.80. The van der Waals surface area contributed by atoms with Crippen LogP contribution in [0, 0.1) is 13.8 Å². The Hall–Kier alpha value is -1.29. The van der Waals surface area contributed by atoms with Gasteiger partial charge >= 0.3 is 0 Å². The molecule has 0 fully saturated rings. The number of halogens is 1. The maximum absolute atomic E-state index is 5.36. The molecule has 0 aliphatic carbocycles. The molecule has 0 bridgehead atoms. The lowest BCUT2D eigenvalue weighted by molar-refractivity contribution is 0.408. The van der Waals surface area contributed by atoms with Crippen molar-refractivity contribution >= 4 is 15.9 Å². The number of hydrogen-bond acceptors (Lipinski definition) is 2. The summed E-state index contributed by atoms with van der Waals surface area (Å²) in [4.78, 5) is 4.40. The van der Waals surface area contributed by atoms with Gasteiger partial charge in [0, 0.05) is 12.6 Å². The topological polar surface area (TPSA) is 27.1 Å². The Bertz CT molecular complexity index is 538. The number of nitrogens with zero attached hydrogens (tertiary/aromatic N) is 2. The van der Waals surface area contributed by atoms with Gasteiger partial charge in [0.25, 0.3) is 0 Å². The molecule has 0 aliphatic rings. The standard InChI is InChI=1S/C13H15BrN2O/c1-8-5-10(6-9(2)12(8)17-4)11-13(14)16(3)7-15-11/h5-7H,1-4H3. The van der Waals surface area contributed by atoms with Crippen molar-refractivity contribution in [3.8, 4) is 17.0 Å². The predicted molar refractivity (Wildman–Crippen MR) is 72.4 cm³/mol. The average Bonchev–Trinajstić information content (AvgIpc) is 2.59. The van der Waals surface area contributed by atoms with Gasteiger partial charge in [0.15, 0.2) is 0 Å². The summed E-state index contributed by atoms with van der Waals surface area (Å²) in [6.45, 7) is 4.10. The second-order valence-electron chi connectivity index (χ2n) is 4.14. The molecule has 3 nitrogen and oxygen atoms in total. The molecule has 1 aromatic heterocycles. The lowest BCUT2D eigenvalue weighted by Crippen LogP contribution is -1.93. The van der Waals surface area contributed by atoms with Gasteiger partial charge in [-0.3, -0.25) is 0 Å². The number of benzene rings is 1. The van der Waals surface area contributed by atoms with E-state index in [1.807, 2.05) is 25.5 Å². The molecule has 0 atom stereocenters. The molecule has 0 N–H and O–H groups in total. The minimum Gasteiger partial charge on any atom is -0.496 e. The Kier molecular flexibility index (Phi) is 3.24. The largest absolute Gasteiger partial charge is 0.496 e. The third-order valence-electron chi connectivity index (χ3n) is 2.80. The van der Waals surface area contributed by atoms with Crippen LogP contribution in [-0.2, 0) is 7.05 Å². The molecule has 0 radical (unpaired) electrons. The van der Waals surface area contributed by atoms with Crippen molar-refractivity contribution in [3.05, 3.63) is 34.2 Å². The lowest BCUT2D eigenvalue weighted by Gasteiger charge is -2.10. The lowest BCUT2D eigenvalue weighted by atomic mass is 10.0. The number of methoxy groups -OCH3 is 1. The van der Waals surface area contributed by atoms with Gasteiger partial charge in [-0.2, -0.15) is 0 Å². The third kappa shape index (κ3) is 2.09. The maximum Gasteiger partial charge on any atom is 0.124 e. The van der Waals surface area contributed by atoms with Crippen LogP contribution in [0.25, 0.3) is 11.3 Å². The highest BCUT2D eigenvalue weighted by molar-refractivity contribution is 9.10. The molecule has 0 aliphatic heterocycles. The molecular formula is C13H15BrN2O. The Morgan fingerprint density at radius 1 is 1.24 bits per heavy atom. The SMILES string of the molecule is COc1c(C)cc(-c2ncn(C)c2Br)cc1C. The van der Waals surface area contributed by atoms with E-state index in [-0.39, 0.29) is 0 Å². The van der Waals surface area contributed by atoms with E-state index in [1.165, 1.54) is 0 Å². The van der Waals surface area contributed by atoms with Gasteiger partial charge in [-0.25, -0.2) is 4.98 Å². The first kappa shape index (κ1) is 12.2. The van der Waals surface area contributed by atoms with Crippen LogP contribution >= 0.6 is 15.9 Å². The number of aromatic nitrogens is 2. The quantitative estimate of drug-likeness (QED) is 0.848. The Balaban J connectivity index is 2.58. The molecule has 0 unspecified atom stereocenters. The second kappa shape index (κ2) is 4.53. The minimum atomic E-state index is 0.945. The van der Waals surface area contributed by atoms with Crippen LogP contribution in [0.4, 0.5) is 0 Å². The Morgan fingerprint density at radius 3 is 2.24 bits per heavy atom. The minimum absolute atomic E-state index is 0.945. The molecule has 1 heterocycles. The molecule has 0 saturated heterocycles. The van der Waals surface area contributed by atoms with Crippen molar-refractivity contribution < 1.29 is 4.74 Å². The molecule has 1 aromatic carbocycles. The van der Waals surface area contributed by atoms with Gasteiger partial charge in [-0.05, 0) is 53.0 Å². The zero-order chi connectivity index (χ0) is 12.6. The summed E-state index contributed by atoms with van der Waals surface area (Å²) in [6, 6.07) is 4.19. The van der Waals surface area contributed by atoms with Crippen LogP contribution in [0.2, 0.25) is 0 Å². The van der Waals surface area contributed by atoms with E-state index in [1.54, 1.807) is 13.4 Å². The van der Waals surface area contributed by atoms with Gasteiger partial charge in [-0.1, -0.05) is 0 Å². The predicted octanol–water partition coefficient (Wildman–Crippen LogP) is 3.48. The summed E-state index contributed by atoms with van der Waals surface area (Å²) in [7, 11) is 3.66. The normalized spacial score (nSPS) is 10.6. The van der Waals surface area contributed by atoms with E-state index in [9.17, 15) is 0 Å². The highest BCUT2D eigenvalue weighted by Crippen LogP contribution is 2.32. The highest BCUT2D eigenvalue weighted by atomic mass is 79.9. The van der Waals surface area contributed by atoms with Crippen LogP contribution in [-0.4, -0.2) is 16.7 Å². The van der Waals surface area contributed by atoms with Crippen LogP contribution in [0.3, 0.4) is 0 Å². The molecule has 4 heteroatoms. The summed E-state index contributed by atoms with van der Waals surface area (Å²) < 4.78 is 8.30. The third-order valence-corrected chi connectivity index (χ3v) is 3.74. The fraction of sp³-hybridized carbons (Fsp3) is 0.308. The number of ether oxygens (including phenoxy) is 1. The van der Waals surface area contributed by atoms with Crippen molar-refractivity contribution in [1.29, 1.82) is 0 Å². The van der Waals surface area contributed by atoms with Gasteiger partial charge in [0.05, 0.1) is 13.4 Å². The number of imidazole rings is 1. The molecular weight excluding hydrogens is 280 g/mol. The second-order valence-corrected chi connectivity index (χ2v) is 4.89. The van der Waals surface area contributed by atoms with Crippen molar-refractivity contribution in [3.63, 3.8) is 0 Å². The fourth-order valence-electron chi connectivity index (χ4n) is 2.02. The van der Waals surface area contributed by atoms with Crippen molar-refractivity contribution in [2.24, 2.45) is 7.05 Å². The van der Waals surface area contributed by atoms with Gasteiger partial charge < -0.3 is 9.30 Å². The van der Waals surface area contributed by atoms with E-state index < -0.39 is 0 Å². The summed E-state index contributed by atoms with van der Waals surface area (Å²) in [5, 5.41) is 0. The first-order chi connectivity index (χ1) is 8.04.